The summed E-state index contributed by atoms with van der Waals surface area (Å²) in [5.74, 6) is -1.25. The van der Waals surface area contributed by atoms with Gasteiger partial charge in [-0.15, -0.1) is 0 Å². The second kappa shape index (κ2) is 6.01. The van der Waals surface area contributed by atoms with Gasteiger partial charge in [-0.2, -0.15) is 0 Å². The molecule has 0 spiro atoms. The van der Waals surface area contributed by atoms with Gasteiger partial charge in [-0.25, -0.2) is 4.79 Å². The minimum absolute atomic E-state index is 0.0841. The predicted molar refractivity (Wildman–Crippen MR) is 67.5 cm³/mol. The molecule has 6 nitrogen and oxygen atoms in total. The minimum atomic E-state index is -1.33. The Morgan fingerprint density at radius 3 is 2.50 bits per heavy atom. The average Bonchev–Trinajstić information content (AvgIpc) is 2.30. The highest BCUT2D eigenvalue weighted by atomic mass is 35.5. The molecule has 0 heterocycles. The van der Waals surface area contributed by atoms with E-state index < -0.39 is 18.2 Å². The molecule has 18 heavy (non-hydrogen) atoms. The molecule has 2 atom stereocenters. The van der Waals surface area contributed by atoms with E-state index in [0.717, 1.165) is 0 Å². The van der Waals surface area contributed by atoms with Crippen LogP contribution in [0.1, 0.15) is 28.4 Å². The van der Waals surface area contributed by atoms with Crippen molar-refractivity contribution in [3.05, 3.63) is 28.3 Å². The summed E-state index contributed by atoms with van der Waals surface area (Å²) in [6, 6.07) is 2.51. The van der Waals surface area contributed by atoms with Crippen LogP contribution < -0.4 is 11.5 Å². The number of anilines is 1. The van der Waals surface area contributed by atoms with E-state index in [1.54, 1.807) is 0 Å². The number of aliphatic hydroxyl groups is 2. The number of carboxylic acids is 1. The highest BCUT2D eigenvalue weighted by molar-refractivity contribution is 6.31. The fourth-order valence-electron chi connectivity index (χ4n) is 1.60. The van der Waals surface area contributed by atoms with Crippen molar-refractivity contribution in [1.29, 1.82) is 0 Å². The summed E-state index contributed by atoms with van der Waals surface area (Å²) < 4.78 is 0. The summed E-state index contributed by atoms with van der Waals surface area (Å²) in [4.78, 5) is 10.9. The van der Waals surface area contributed by atoms with Crippen LogP contribution in [-0.4, -0.2) is 33.9 Å². The molecule has 2 unspecified atom stereocenters. The maximum Gasteiger partial charge on any atom is 0.337 e. The van der Waals surface area contributed by atoms with Crippen LogP contribution in [0, 0.1) is 0 Å². The van der Waals surface area contributed by atoms with Gasteiger partial charge in [-0.3, -0.25) is 0 Å². The van der Waals surface area contributed by atoms with Gasteiger partial charge in [0.15, 0.2) is 0 Å². The Morgan fingerprint density at radius 2 is 2.00 bits per heavy atom. The average molecular weight is 275 g/mol. The molecule has 0 bridgehead atoms. The van der Waals surface area contributed by atoms with Gasteiger partial charge >= 0.3 is 5.97 Å². The number of hydrogen-bond donors (Lipinski definition) is 5. The van der Waals surface area contributed by atoms with Crippen molar-refractivity contribution in [2.45, 2.75) is 18.6 Å². The first kappa shape index (κ1) is 14.7. The van der Waals surface area contributed by atoms with Gasteiger partial charge in [0.2, 0.25) is 0 Å². The molecule has 0 saturated carbocycles. The zero-order valence-corrected chi connectivity index (χ0v) is 10.3. The molecule has 1 aromatic rings. The van der Waals surface area contributed by atoms with E-state index in [4.69, 9.17) is 28.2 Å². The van der Waals surface area contributed by atoms with Crippen LogP contribution in [0.2, 0.25) is 5.02 Å². The molecule has 0 aliphatic rings. The zero-order chi connectivity index (χ0) is 13.9. The van der Waals surface area contributed by atoms with Crippen LogP contribution in [0.5, 0.6) is 0 Å². The standard InChI is InChI=1S/C11H15ClN2O4/c12-5-3-6(10(16)8(15)1-2-13)9(14)7(4-5)11(17)18/h3-4,8,10,15-16H,1-2,13-14H2,(H,17,18). The number of aliphatic hydroxyl groups excluding tert-OH is 2. The van der Waals surface area contributed by atoms with Gasteiger partial charge in [0.1, 0.15) is 6.10 Å². The molecule has 0 radical (unpaired) electrons. The molecule has 0 fully saturated rings. The van der Waals surface area contributed by atoms with Crippen molar-refractivity contribution in [3.8, 4) is 0 Å². The second-order valence-electron chi connectivity index (χ2n) is 3.85. The summed E-state index contributed by atoms with van der Waals surface area (Å²) in [5, 5.41) is 28.6. The monoisotopic (exact) mass is 274 g/mol. The number of aromatic carboxylic acids is 1. The molecule has 7 heteroatoms. The molecular formula is C11H15ClN2O4. The summed E-state index contributed by atoms with van der Waals surface area (Å²) in [5.41, 5.74) is 10.7. The topological polar surface area (TPSA) is 130 Å². The maximum atomic E-state index is 10.9. The fraction of sp³-hybridized carbons (Fsp3) is 0.364. The van der Waals surface area contributed by atoms with E-state index in [9.17, 15) is 15.0 Å². The predicted octanol–water partition coefficient (Wildman–Crippen LogP) is 0.363. The zero-order valence-electron chi connectivity index (χ0n) is 9.51. The van der Waals surface area contributed by atoms with Gasteiger partial charge in [-0.05, 0) is 25.1 Å². The minimum Gasteiger partial charge on any atom is -0.478 e. The van der Waals surface area contributed by atoms with Gasteiger partial charge in [0, 0.05) is 10.6 Å². The van der Waals surface area contributed by atoms with Crippen LogP contribution in [-0.2, 0) is 0 Å². The molecule has 1 rings (SSSR count). The smallest absolute Gasteiger partial charge is 0.337 e. The van der Waals surface area contributed by atoms with Crippen LogP contribution in [0.4, 0.5) is 5.69 Å². The molecule has 0 aromatic heterocycles. The van der Waals surface area contributed by atoms with Crippen LogP contribution in [0.3, 0.4) is 0 Å². The SMILES string of the molecule is NCCC(O)C(O)c1cc(Cl)cc(C(=O)O)c1N. The van der Waals surface area contributed by atoms with Gasteiger partial charge < -0.3 is 26.8 Å². The van der Waals surface area contributed by atoms with Crippen LogP contribution >= 0.6 is 11.6 Å². The lowest BCUT2D eigenvalue weighted by Gasteiger charge is -2.20. The van der Waals surface area contributed by atoms with Crippen LogP contribution in [0.25, 0.3) is 0 Å². The summed E-state index contributed by atoms with van der Waals surface area (Å²) in [6.45, 7) is 0.185. The van der Waals surface area contributed by atoms with Crippen molar-refractivity contribution in [3.63, 3.8) is 0 Å². The Kier molecular flexibility index (Phi) is 4.92. The molecule has 0 amide bonds. The number of carbonyl (C=O) groups is 1. The Labute approximate surface area is 109 Å². The van der Waals surface area contributed by atoms with E-state index in [-0.39, 0.29) is 34.8 Å². The third-order valence-electron chi connectivity index (χ3n) is 2.55. The van der Waals surface area contributed by atoms with E-state index in [1.807, 2.05) is 0 Å². The van der Waals surface area contributed by atoms with Gasteiger partial charge in [-0.1, -0.05) is 11.6 Å². The quantitative estimate of drug-likeness (QED) is 0.493. The highest BCUT2D eigenvalue weighted by Crippen LogP contribution is 2.30. The fourth-order valence-corrected chi connectivity index (χ4v) is 1.82. The third-order valence-corrected chi connectivity index (χ3v) is 2.77. The maximum absolute atomic E-state index is 10.9. The Morgan fingerprint density at radius 1 is 1.39 bits per heavy atom. The van der Waals surface area contributed by atoms with Crippen molar-refractivity contribution in [2.75, 3.05) is 12.3 Å². The normalized spacial score (nSPS) is 14.2. The number of hydrogen-bond acceptors (Lipinski definition) is 5. The first-order valence-corrected chi connectivity index (χ1v) is 5.64. The number of nitrogen functional groups attached to an aromatic ring is 1. The van der Waals surface area contributed by atoms with Crippen molar-refractivity contribution < 1.29 is 20.1 Å². The lowest BCUT2D eigenvalue weighted by molar-refractivity contribution is 0.0154. The number of carboxylic acid groups (broad SMARTS) is 1. The molecule has 0 aliphatic heterocycles. The summed E-state index contributed by atoms with van der Waals surface area (Å²) in [7, 11) is 0. The lowest BCUT2D eigenvalue weighted by atomic mass is 9.97. The number of nitrogens with two attached hydrogens (primary N) is 2. The Bertz CT molecular complexity index is 453. The van der Waals surface area contributed by atoms with Crippen LogP contribution in [0.15, 0.2) is 12.1 Å². The second-order valence-corrected chi connectivity index (χ2v) is 4.29. The Hall–Kier alpha value is -1.34. The number of benzene rings is 1. The van der Waals surface area contributed by atoms with Crippen molar-refractivity contribution in [1.82, 2.24) is 0 Å². The largest absolute Gasteiger partial charge is 0.478 e. The molecule has 100 valence electrons. The molecular weight excluding hydrogens is 260 g/mol. The molecule has 1 aromatic carbocycles. The first-order valence-electron chi connectivity index (χ1n) is 5.26. The van der Waals surface area contributed by atoms with E-state index in [0.29, 0.717) is 0 Å². The van der Waals surface area contributed by atoms with E-state index in [2.05, 4.69) is 0 Å². The summed E-state index contributed by atoms with van der Waals surface area (Å²) in [6.07, 6.45) is -2.29. The summed E-state index contributed by atoms with van der Waals surface area (Å²) >= 11 is 5.76. The number of rotatable bonds is 5. The van der Waals surface area contributed by atoms with Gasteiger partial charge in [0.25, 0.3) is 0 Å². The number of halogens is 1. The van der Waals surface area contributed by atoms with E-state index >= 15 is 0 Å². The molecule has 7 N–H and O–H groups in total. The highest BCUT2D eigenvalue weighted by Gasteiger charge is 2.23. The van der Waals surface area contributed by atoms with Crippen molar-refractivity contribution in [2.24, 2.45) is 5.73 Å². The first-order chi connectivity index (χ1) is 8.38. The third kappa shape index (κ3) is 3.11. The lowest BCUT2D eigenvalue weighted by Crippen LogP contribution is -2.23. The van der Waals surface area contributed by atoms with E-state index in [1.165, 1.54) is 12.1 Å². The van der Waals surface area contributed by atoms with Crippen molar-refractivity contribution >= 4 is 23.3 Å². The van der Waals surface area contributed by atoms with Gasteiger partial charge in [0.05, 0.1) is 17.4 Å². The molecule has 0 aliphatic carbocycles. The molecule has 0 saturated heterocycles. The Balaban J connectivity index is 3.19.